The molecule has 1 unspecified atom stereocenters. The number of carbonyl (C=O) groups excluding carboxylic acids is 1. The number of aryl methyl sites for hydroxylation is 3. The molecule has 0 saturated carbocycles. The molecular weight excluding hydrogens is 384 g/mol. The van der Waals surface area contributed by atoms with Gasteiger partial charge >= 0.3 is 5.97 Å². The second-order valence-corrected chi connectivity index (χ2v) is 6.55. The Bertz CT molecular complexity index is 786. The second kappa shape index (κ2) is 11.8. The molecule has 0 spiro atoms. The second-order valence-electron chi connectivity index (χ2n) is 6.55. The van der Waals surface area contributed by atoms with Crippen molar-refractivity contribution < 1.29 is 18.3 Å². The third-order valence-corrected chi connectivity index (χ3v) is 4.26. The summed E-state index contributed by atoms with van der Waals surface area (Å²) in [5, 5.41) is 0. The van der Waals surface area contributed by atoms with Gasteiger partial charge in [-0.1, -0.05) is 6.92 Å². The minimum absolute atomic E-state index is 0. The van der Waals surface area contributed by atoms with Gasteiger partial charge in [0.2, 0.25) is 0 Å². The predicted octanol–water partition coefficient (Wildman–Crippen LogP) is 5.96. The summed E-state index contributed by atoms with van der Waals surface area (Å²) < 4.78 is 32.1. The Hall–Kier alpha value is -1.98. The van der Waals surface area contributed by atoms with Crippen molar-refractivity contribution in [1.82, 2.24) is 0 Å². The molecule has 2 aromatic rings. The van der Waals surface area contributed by atoms with Gasteiger partial charge in [-0.3, -0.25) is 4.79 Å². The van der Waals surface area contributed by atoms with Crippen LogP contribution >= 0.6 is 12.4 Å². The van der Waals surface area contributed by atoms with Crippen molar-refractivity contribution in [2.45, 2.75) is 54.0 Å². The molecule has 6 heteroatoms. The van der Waals surface area contributed by atoms with E-state index in [9.17, 15) is 13.6 Å². The summed E-state index contributed by atoms with van der Waals surface area (Å²) >= 11 is 0. The Kier molecular flexibility index (Phi) is 10.9. The molecule has 2 aromatic carbocycles. The summed E-state index contributed by atoms with van der Waals surface area (Å²) in [5.41, 5.74) is 10.6. The van der Waals surface area contributed by atoms with Crippen LogP contribution in [0.3, 0.4) is 0 Å². The van der Waals surface area contributed by atoms with Crippen LogP contribution in [0.15, 0.2) is 24.3 Å². The van der Waals surface area contributed by atoms with Crippen LogP contribution in [0.1, 0.15) is 55.5 Å². The van der Waals surface area contributed by atoms with E-state index in [-0.39, 0.29) is 36.1 Å². The van der Waals surface area contributed by atoms with E-state index in [1.54, 1.807) is 26.0 Å². The molecule has 0 aliphatic heterocycles. The third kappa shape index (κ3) is 6.88. The molecule has 0 fully saturated rings. The first-order valence-corrected chi connectivity index (χ1v) is 9.08. The van der Waals surface area contributed by atoms with Crippen LogP contribution < -0.4 is 5.73 Å². The van der Waals surface area contributed by atoms with E-state index in [4.69, 9.17) is 5.73 Å². The normalized spacial score (nSPS) is 11.0. The van der Waals surface area contributed by atoms with Gasteiger partial charge in [-0.25, -0.2) is 8.78 Å². The summed E-state index contributed by atoms with van der Waals surface area (Å²) in [6, 6.07) is 6.27. The van der Waals surface area contributed by atoms with Crippen molar-refractivity contribution in [3.63, 3.8) is 0 Å². The highest BCUT2D eigenvalue weighted by Gasteiger charge is 2.16. The Morgan fingerprint density at radius 2 is 1.57 bits per heavy atom. The zero-order chi connectivity index (χ0) is 20.7. The predicted molar refractivity (Wildman–Crippen MR) is 113 cm³/mol. The molecule has 0 saturated heterocycles. The molecule has 28 heavy (non-hydrogen) atoms. The average molecular weight is 414 g/mol. The minimum atomic E-state index is -0.329. The van der Waals surface area contributed by atoms with Crippen LogP contribution in [-0.4, -0.2) is 12.6 Å². The standard InChI is InChI=1S/C18H21F2N.C4H8O2.ClH/c1-5-16(21)15-9-13(6-12(4)18(15)20)17-10(2)7-14(19)8-11(17)3;1-3-6-4(2)5;/h6-9,16H,5,21H2,1-4H3;3H2,1-2H3;1H. The van der Waals surface area contributed by atoms with E-state index >= 15 is 0 Å². The number of hydrogen-bond donors (Lipinski definition) is 1. The quantitative estimate of drug-likeness (QED) is 0.629. The Morgan fingerprint density at radius 1 is 1.04 bits per heavy atom. The van der Waals surface area contributed by atoms with Gasteiger partial charge in [0.15, 0.2) is 0 Å². The lowest BCUT2D eigenvalue weighted by Gasteiger charge is -2.17. The number of benzene rings is 2. The molecule has 2 N–H and O–H groups in total. The lowest BCUT2D eigenvalue weighted by molar-refractivity contribution is -0.140. The SMILES string of the molecule is CCC(N)c1cc(-c2c(C)cc(F)cc2C)cc(C)c1F.CCOC(C)=O.Cl. The number of ether oxygens (including phenoxy) is 1. The number of halogens is 3. The lowest BCUT2D eigenvalue weighted by Crippen LogP contribution is -2.12. The fourth-order valence-electron chi connectivity index (χ4n) is 3.00. The Labute approximate surface area is 172 Å². The van der Waals surface area contributed by atoms with E-state index in [1.165, 1.54) is 19.1 Å². The summed E-state index contributed by atoms with van der Waals surface area (Å²) in [4.78, 5) is 9.82. The van der Waals surface area contributed by atoms with Crippen molar-refractivity contribution in [1.29, 1.82) is 0 Å². The first-order valence-electron chi connectivity index (χ1n) is 9.08. The zero-order valence-electron chi connectivity index (χ0n) is 17.4. The highest BCUT2D eigenvalue weighted by molar-refractivity contribution is 5.85. The van der Waals surface area contributed by atoms with Crippen molar-refractivity contribution >= 4 is 18.4 Å². The highest BCUT2D eigenvalue weighted by atomic mass is 35.5. The molecule has 2 rings (SSSR count). The summed E-state index contributed by atoms with van der Waals surface area (Å²) in [5.74, 6) is -0.707. The van der Waals surface area contributed by atoms with Crippen LogP contribution in [-0.2, 0) is 9.53 Å². The van der Waals surface area contributed by atoms with Crippen LogP contribution in [0, 0.1) is 32.4 Å². The molecule has 0 amide bonds. The van der Waals surface area contributed by atoms with E-state index in [1.807, 2.05) is 20.8 Å². The van der Waals surface area contributed by atoms with Gasteiger partial charge < -0.3 is 10.5 Å². The van der Waals surface area contributed by atoms with Crippen LogP contribution in [0.25, 0.3) is 11.1 Å². The van der Waals surface area contributed by atoms with Crippen LogP contribution in [0.2, 0.25) is 0 Å². The number of nitrogens with two attached hydrogens (primary N) is 1. The van der Waals surface area contributed by atoms with E-state index in [0.717, 1.165) is 22.3 Å². The van der Waals surface area contributed by atoms with Gasteiger partial charge in [0, 0.05) is 18.5 Å². The van der Waals surface area contributed by atoms with E-state index in [0.29, 0.717) is 24.2 Å². The highest BCUT2D eigenvalue weighted by Crippen LogP contribution is 2.32. The maximum Gasteiger partial charge on any atom is 0.302 e. The molecule has 0 bridgehead atoms. The van der Waals surface area contributed by atoms with E-state index in [2.05, 4.69) is 4.74 Å². The zero-order valence-corrected chi connectivity index (χ0v) is 18.2. The first-order chi connectivity index (χ1) is 12.6. The molecule has 156 valence electrons. The Morgan fingerprint density at radius 3 is 1.96 bits per heavy atom. The average Bonchev–Trinajstić information content (AvgIpc) is 2.56. The first kappa shape index (κ1) is 26.0. The van der Waals surface area contributed by atoms with Gasteiger partial charge in [0.05, 0.1) is 6.61 Å². The fraction of sp³-hybridized carbons (Fsp3) is 0.409. The summed E-state index contributed by atoms with van der Waals surface area (Å²) in [7, 11) is 0. The maximum atomic E-state index is 14.3. The molecule has 0 radical (unpaired) electrons. The molecule has 0 heterocycles. The van der Waals surface area contributed by atoms with Gasteiger partial charge in [-0.15, -0.1) is 12.4 Å². The fourth-order valence-corrected chi connectivity index (χ4v) is 3.00. The van der Waals surface area contributed by atoms with E-state index < -0.39 is 0 Å². The Balaban J connectivity index is 0.000000910. The summed E-state index contributed by atoms with van der Waals surface area (Å²) in [6.07, 6.45) is 0.668. The number of esters is 1. The summed E-state index contributed by atoms with van der Waals surface area (Å²) in [6.45, 7) is 11.0. The van der Waals surface area contributed by atoms with Crippen LogP contribution in [0.4, 0.5) is 8.78 Å². The molecule has 0 aliphatic rings. The van der Waals surface area contributed by atoms with Gasteiger partial charge in [0.1, 0.15) is 11.6 Å². The smallest absolute Gasteiger partial charge is 0.302 e. The monoisotopic (exact) mass is 413 g/mol. The minimum Gasteiger partial charge on any atom is -0.466 e. The number of carbonyl (C=O) groups is 1. The molecule has 0 aliphatic carbocycles. The number of rotatable bonds is 4. The molecular formula is C22H30ClF2NO2. The van der Waals surface area contributed by atoms with Crippen LogP contribution in [0.5, 0.6) is 0 Å². The van der Waals surface area contributed by atoms with Crippen molar-refractivity contribution in [3.8, 4) is 11.1 Å². The third-order valence-electron chi connectivity index (χ3n) is 4.26. The van der Waals surface area contributed by atoms with Crippen molar-refractivity contribution in [3.05, 3.63) is 58.2 Å². The molecule has 3 nitrogen and oxygen atoms in total. The molecule has 1 atom stereocenters. The largest absolute Gasteiger partial charge is 0.466 e. The maximum absolute atomic E-state index is 14.3. The molecule has 0 aromatic heterocycles. The number of hydrogen-bond acceptors (Lipinski definition) is 3. The lowest BCUT2D eigenvalue weighted by atomic mass is 9.91. The van der Waals surface area contributed by atoms with Gasteiger partial charge in [-0.2, -0.15) is 0 Å². The van der Waals surface area contributed by atoms with Crippen molar-refractivity contribution in [2.75, 3.05) is 6.61 Å². The van der Waals surface area contributed by atoms with Gasteiger partial charge in [-0.05, 0) is 86.2 Å². The van der Waals surface area contributed by atoms with Gasteiger partial charge in [0.25, 0.3) is 0 Å². The van der Waals surface area contributed by atoms with Crippen molar-refractivity contribution in [2.24, 2.45) is 5.73 Å². The topological polar surface area (TPSA) is 52.3 Å².